The Bertz CT molecular complexity index is 600. The molecule has 2 aromatic rings. The number of nitrogens with zero attached hydrogens (tertiary/aromatic N) is 2. The second-order valence-electron chi connectivity index (χ2n) is 5.68. The van der Waals surface area contributed by atoms with Crippen molar-refractivity contribution in [2.45, 2.75) is 26.2 Å². The van der Waals surface area contributed by atoms with E-state index in [1.54, 1.807) is 11.3 Å². The van der Waals surface area contributed by atoms with Crippen LogP contribution < -0.4 is 0 Å². The first-order valence-corrected chi connectivity index (χ1v) is 8.35. The first-order valence-electron chi connectivity index (χ1n) is 7.47. The molecule has 0 atom stereocenters. The molecule has 4 heteroatoms. The summed E-state index contributed by atoms with van der Waals surface area (Å²) in [5.74, 6) is 0.783. The average Bonchev–Trinajstić information content (AvgIpc) is 2.95. The van der Waals surface area contributed by atoms with Crippen molar-refractivity contribution >= 4 is 17.2 Å². The van der Waals surface area contributed by atoms with Crippen LogP contribution in [-0.2, 0) is 6.42 Å². The third-order valence-corrected chi connectivity index (χ3v) is 4.88. The summed E-state index contributed by atoms with van der Waals surface area (Å²) in [6.45, 7) is 3.65. The van der Waals surface area contributed by atoms with E-state index < -0.39 is 0 Å². The third kappa shape index (κ3) is 3.50. The number of thiazole rings is 1. The van der Waals surface area contributed by atoms with Crippen LogP contribution in [0.1, 0.15) is 33.9 Å². The van der Waals surface area contributed by atoms with Crippen LogP contribution in [0.15, 0.2) is 35.7 Å². The second kappa shape index (κ2) is 6.39. The number of likely N-dealkylation sites (tertiary alicyclic amines) is 1. The number of piperidine rings is 1. The largest absolute Gasteiger partial charge is 0.337 e. The van der Waals surface area contributed by atoms with Crippen molar-refractivity contribution in [2.24, 2.45) is 5.92 Å². The van der Waals surface area contributed by atoms with Gasteiger partial charge in [-0.1, -0.05) is 30.3 Å². The highest BCUT2D eigenvalue weighted by Crippen LogP contribution is 2.23. The molecule has 0 aliphatic carbocycles. The Morgan fingerprint density at radius 3 is 2.62 bits per heavy atom. The molecule has 1 saturated heterocycles. The van der Waals surface area contributed by atoms with Gasteiger partial charge in [-0.3, -0.25) is 4.79 Å². The first kappa shape index (κ1) is 14.3. The van der Waals surface area contributed by atoms with Gasteiger partial charge in [0.15, 0.2) is 0 Å². The fourth-order valence-electron chi connectivity index (χ4n) is 2.91. The van der Waals surface area contributed by atoms with Crippen molar-refractivity contribution in [1.29, 1.82) is 0 Å². The monoisotopic (exact) mass is 300 g/mol. The molecule has 0 saturated carbocycles. The van der Waals surface area contributed by atoms with E-state index in [0.717, 1.165) is 37.4 Å². The maximum atomic E-state index is 12.3. The number of benzene rings is 1. The molecule has 0 N–H and O–H groups in total. The molecule has 1 aromatic heterocycles. The lowest BCUT2D eigenvalue weighted by molar-refractivity contribution is 0.0685. The predicted octanol–water partition coefficient (Wildman–Crippen LogP) is 3.55. The van der Waals surface area contributed by atoms with Crippen molar-refractivity contribution in [3.8, 4) is 0 Å². The summed E-state index contributed by atoms with van der Waals surface area (Å²) in [5.41, 5.74) is 2.01. The highest BCUT2D eigenvalue weighted by atomic mass is 32.1. The molecule has 1 fully saturated rings. The molecule has 1 aromatic carbocycles. The molecule has 0 radical (unpaired) electrons. The van der Waals surface area contributed by atoms with Gasteiger partial charge in [0.05, 0.1) is 5.01 Å². The van der Waals surface area contributed by atoms with Crippen molar-refractivity contribution in [3.63, 3.8) is 0 Å². The summed E-state index contributed by atoms with van der Waals surface area (Å²) in [6, 6.07) is 10.6. The van der Waals surface area contributed by atoms with Gasteiger partial charge < -0.3 is 4.90 Å². The van der Waals surface area contributed by atoms with Crippen LogP contribution in [0.4, 0.5) is 0 Å². The minimum atomic E-state index is 0.0949. The molecule has 1 aliphatic heterocycles. The molecule has 0 unspecified atom stereocenters. The van der Waals surface area contributed by atoms with E-state index in [4.69, 9.17) is 0 Å². The smallest absolute Gasteiger partial charge is 0.273 e. The number of carbonyl (C=O) groups excluding carboxylic acids is 1. The zero-order valence-electron chi connectivity index (χ0n) is 12.3. The lowest BCUT2D eigenvalue weighted by Crippen LogP contribution is -2.39. The van der Waals surface area contributed by atoms with E-state index in [0.29, 0.717) is 11.6 Å². The van der Waals surface area contributed by atoms with Crippen molar-refractivity contribution < 1.29 is 4.79 Å². The highest BCUT2D eigenvalue weighted by Gasteiger charge is 2.24. The Morgan fingerprint density at radius 1 is 1.29 bits per heavy atom. The fraction of sp³-hybridized carbons (Fsp3) is 0.412. The van der Waals surface area contributed by atoms with E-state index >= 15 is 0 Å². The molecule has 3 rings (SSSR count). The summed E-state index contributed by atoms with van der Waals surface area (Å²) in [5, 5.41) is 2.82. The number of hydrogen-bond donors (Lipinski definition) is 0. The van der Waals surface area contributed by atoms with Crippen LogP contribution >= 0.6 is 11.3 Å². The van der Waals surface area contributed by atoms with Gasteiger partial charge in [0, 0.05) is 18.5 Å². The topological polar surface area (TPSA) is 33.2 Å². The van der Waals surface area contributed by atoms with Gasteiger partial charge in [-0.2, -0.15) is 0 Å². The van der Waals surface area contributed by atoms with Gasteiger partial charge in [0.1, 0.15) is 5.69 Å². The summed E-state index contributed by atoms with van der Waals surface area (Å²) in [6.07, 6.45) is 3.30. The highest BCUT2D eigenvalue weighted by molar-refractivity contribution is 7.09. The lowest BCUT2D eigenvalue weighted by atomic mass is 9.90. The summed E-state index contributed by atoms with van der Waals surface area (Å²) in [4.78, 5) is 18.6. The van der Waals surface area contributed by atoms with E-state index in [1.807, 2.05) is 17.2 Å². The minimum Gasteiger partial charge on any atom is -0.337 e. The van der Waals surface area contributed by atoms with E-state index in [1.165, 1.54) is 5.56 Å². The van der Waals surface area contributed by atoms with Gasteiger partial charge in [-0.15, -0.1) is 11.3 Å². The summed E-state index contributed by atoms with van der Waals surface area (Å²) in [7, 11) is 0. The van der Waals surface area contributed by atoms with Crippen LogP contribution in [0.5, 0.6) is 0 Å². The fourth-order valence-corrected chi connectivity index (χ4v) is 3.50. The Balaban J connectivity index is 1.54. The first-order chi connectivity index (χ1) is 10.2. The van der Waals surface area contributed by atoms with Gasteiger partial charge >= 0.3 is 0 Å². The molecule has 1 amide bonds. The van der Waals surface area contributed by atoms with Crippen LogP contribution in [0.25, 0.3) is 0 Å². The summed E-state index contributed by atoms with van der Waals surface area (Å²) >= 11 is 1.54. The minimum absolute atomic E-state index is 0.0949. The van der Waals surface area contributed by atoms with Crippen molar-refractivity contribution in [1.82, 2.24) is 9.88 Å². The Labute approximate surface area is 129 Å². The van der Waals surface area contributed by atoms with E-state index in [-0.39, 0.29) is 5.91 Å². The molecule has 0 bridgehead atoms. The summed E-state index contributed by atoms with van der Waals surface area (Å²) < 4.78 is 0. The normalized spacial score (nSPS) is 16.1. The van der Waals surface area contributed by atoms with Crippen molar-refractivity contribution in [2.75, 3.05) is 13.1 Å². The average molecular weight is 300 g/mol. The molecule has 0 spiro atoms. The van der Waals surface area contributed by atoms with Gasteiger partial charge in [0.2, 0.25) is 0 Å². The quantitative estimate of drug-likeness (QED) is 0.868. The molecule has 110 valence electrons. The van der Waals surface area contributed by atoms with Crippen LogP contribution in [-0.4, -0.2) is 28.9 Å². The maximum absolute atomic E-state index is 12.3. The van der Waals surface area contributed by atoms with Crippen LogP contribution in [0, 0.1) is 12.8 Å². The molecular formula is C17H20N2OS. The number of carbonyl (C=O) groups is 1. The zero-order chi connectivity index (χ0) is 14.7. The van der Waals surface area contributed by atoms with Gasteiger partial charge in [-0.25, -0.2) is 4.98 Å². The molecule has 1 aliphatic rings. The Hall–Kier alpha value is -1.68. The van der Waals surface area contributed by atoms with Crippen LogP contribution in [0.2, 0.25) is 0 Å². The SMILES string of the molecule is Cc1nc(C(=O)N2CCC(Cc3ccccc3)CC2)cs1. The third-order valence-electron chi connectivity index (χ3n) is 4.11. The van der Waals surface area contributed by atoms with E-state index in [2.05, 4.69) is 35.3 Å². The predicted molar refractivity (Wildman–Crippen MR) is 85.6 cm³/mol. The lowest BCUT2D eigenvalue weighted by Gasteiger charge is -2.31. The van der Waals surface area contributed by atoms with Gasteiger partial charge in [-0.05, 0) is 37.7 Å². The zero-order valence-corrected chi connectivity index (χ0v) is 13.1. The number of aromatic nitrogens is 1. The number of hydrogen-bond acceptors (Lipinski definition) is 3. The van der Waals surface area contributed by atoms with Gasteiger partial charge in [0.25, 0.3) is 5.91 Å². The molecular weight excluding hydrogens is 280 g/mol. The molecule has 2 heterocycles. The van der Waals surface area contributed by atoms with Crippen molar-refractivity contribution in [3.05, 3.63) is 52.0 Å². The second-order valence-corrected chi connectivity index (χ2v) is 6.74. The Kier molecular flexibility index (Phi) is 4.34. The van der Waals surface area contributed by atoms with Crippen LogP contribution in [0.3, 0.4) is 0 Å². The number of aryl methyl sites for hydroxylation is 1. The number of rotatable bonds is 3. The Morgan fingerprint density at radius 2 is 2.00 bits per heavy atom. The number of amides is 1. The molecule has 3 nitrogen and oxygen atoms in total. The molecule has 21 heavy (non-hydrogen) atoms. The standard InChI is InChI=1S/C17H20N2OS/c1-13-18-16(12-21-13)17(20)19-9-7-15(8-10-19)11-14-5-3-2-4-6-14/h2-6,12,15H,7-11H2,1H3. The van der Waals surface area contributed by atoms with E-state index in [9.17, 15) is 4.79 Å². The maximum Gasteiger partial charge on any atom is 0.273 e.